The van der Waals surface area contributed by atoms with E-state index in [1.54, 1.807) is 18.2 Å². The minimum absolute atomic E-state index is 0.256. The van der Waals surface area contributed by atoms with Gasteiger partial charge in [0.2, 0.25) is 0 Å². The van der Waals surface area contributed by atoms with E-state index in [0.29, 0.717) is 23.9 Å². The fourth-order valence-corrected chi connectivity index (χ4v) is 1.60. The van der Waals surface area contributed by atoms with Crippen molar-refractivity contribution in [2.75, 3.05) is 0 Å². The van der Waals surface area contributed by atoms with Gasteiger partial charge in [-0.2, -0.15) is 0 Å². The average molecular weight is 252 g/mol. The minimum atomic E-state index is -0.944. The van der Waals surface area contributed by atoms with Crippen LogP contribution in [0.5, 0.6) is 0 Å². The number of carboxylic acid groups (broad SMARTS) is 1. The lowest BCUT2D eigenvalue weighted by molar-refractivity contribution is 0.0696. The third-order valence-electron chi connectivity index (χ3n) is 2.27. The SMILES string of the molecule is O=C(O)c1cccc(Cc2nc(CCl)co2)c1. The molecule has 0 amide bonds. The smallest absolute Gasteiger partial charge is 0.335 e. The lowest BCUT2D eigenvalue weighted by Crippen LogP contribution is -1.98. The summed E-state index contributed by atoms with van der Waals surface area (Å²) >= 11 is 5.61. The number of halogens is 1. The molecule has 88 valence electrons. The molecule has 0 spiro atoms. The number of hydrogen-bond acceptors (Lipinski definition) is 3. The van der Waals surface area contributed by atoms with E-state index in [1.165, 1.54) is 6.26 Å². The number of carboxylic acids is 1. The molecule has 4 nitrogen and oxygen atoms in total. The predicted molar refractivity (Wildman–Crippen MR) is 62.3 cm³/mol. The molecule has 1 N–H and O–H groups in total. The van der Waals surface area contributed by atoms with Crippen molar-refractivity contribution in [3.05, 3.63) is 53.2 Å². The molecule has 0 saturated carbocycles. The first-order valence-corrected chi connectivity index (χ1v) is 5.54. The first-order chi connectivity index (χ1) is 8.19. The van der Waals surface area contributed by atoms with Crippen LogP contribution in [0.4, 0.5) is 0 Å². The van der Waals surface area contributed by atoms with Crippen molar-refractivity contribution in [2.24, 2.45) is 0 Å². The Kier molecular flexibility index (Phi) is 3.44. The number of alkyl halides is 1. The molecule has 1 heterocycles. The van der Waals surface area contributed by atoms with Crippen molar-refractivity contribution in [3.63, 3.8) is 0 Å². The van der Waals surface area contributed by atoms with Gasteiger partial charge < -0.3 is 9.52 Å². The fourth-order valence-electron chi connectivity index (χ4n) is 1.48. The summed E-state index contributed by atoms with van der Waals surface area (Å²) in [6.07, 6.45) is 1.96. The predicted octanol–water partition coefficient (Wildman–Crippen LogP) is 2.70. The third-order valence-corrected chi connectivity index (χ3v) is 2.54. The van der Waals surface area contributed by atoms with Crippen LogP contribution in [-0.2, 0) is 12.3 Å². The number of nitrogens with zero attached hydrogens (tertiary/aromatic N) is 1. The Morgan fingerprint density at radius 3 is 2.94 bits per heavy atom. The van der Waals surface area contributed by atoms with Crippen LogP contribution in [0.3, 0.4) is 0 Å². The maximum Gasteiger partial charge on any atom is 0.335 e. The number of rotatable bonds is 4. The van der Waals surface area contributed by atoms with E-state index in [9.17, 15) is 4.79 Å². The molecule has 0 unspecified atom stereocenters. The van der Waals surface area contributed by atoms with E-state index in [-0.39, 0.29) is 5.56 Å². The zero-order valence-electron chi connectivity index (χ0n) is 8.89. The molecule has 0 aliphatic rings. The van der Waals surface area contributed by atoms with E-state index in [1.807, 2.05) is 6.07 Å². The highest BCUT2D eigenvalue weighted by Gasteiger charge is 2.07. The van der Waals surface area contributed by atoms with Gasteiger partial charge in [-0.05, 0) is 17.7 Å². The van der Waals surface area contributed by atoms with E-state index in [2.05, 4.69) is 4.98 Å². The molecule has 0 radical (unpaired) electrons. The van der Waals surface area contributed by atoms with Crippen LogP contribution in [0.15, 0.2) is 34.9 Å². The van der Waals surface area contributed by atoms with Gasteiger partial charge in [0.05, 0.1) is 17.1 Å². The van der Waals surface area contributed by atoms with Crippen molar-refractivity contribution >= 4 is 17.6 Å². The van der Waals surface area contributed by atoms with E-state index in [0.717, 1.165) is 5.56 Å². The molecule has 5 heteroatoms. The van der Waals surface area contributed by atoms with E-state index >= 15 is 0 Å². The molecule has 0 fully saturated rings. The molecule has 0 bridgehead atoms. The molecular weight excluding hydrogens is 242 g/mol. The Balaban J connectivity index is 2.18. The van der Waals surface area contributed by atoms with Crippen LogP contribution in [0.1, 0.15) is 27.5 Å². The molecule has 17 heavy (non-hydrogen) atoms. The molecule has 0 atom stereocenters. The number of carbonyl (C=O) groups is 1. The standard InChI is InChI=1S/C12H10ClNO3/c13-6-10-7-17-11(14-10)5-8-2-1-3-9(4-8)12(15)16/h1-4,7H,5-6H2,(H,15,16). The second kappa shape index (κ2) is 5.01. The highest BCUT2D eigenvalue weighted by atomic mass is 35.5. The maximum absolute atomic E-state index is 10.8. The van der Waals surface area contributed by atoms with Gasteiger partial charge in [-0.25, -0.2) is 9.78 Å². The summed E-state index contributed by atoms with van der Waals surface area (Å²) in [6.45, 7) is 0. The zero-order chi connectivity index (χ0) is 12.3. The Morgan fingerprint density at radius 1 is 1.47 bits per heavy atom. The monoisotopic (exact) mass is 251 g/mol. The van der Waals surface area contributed by atoms with Gasteiger partial charge in [-0.1, -0.05) is 12.1 Å². The van der Waals surface area contributed by atoms with Crippen LogP contribution >= 0.6 is 11.6 Å². The zero-order valence-corrected chi connectivity index (χ0v) is 9.65. The first kappa shape index (κ1) is 11.7. The van der Waals surface area contributed by atoms with Crippen molar-refractivity contribution < 1.29 is 14.3 Å². The summed E-state index contributed by atoms with van der Waals surface area (Å²) in [7, 11) is 0. The lowest BCUT2D eigenvalue weighted by Gasteiger charge is -1.99. The summed E-state index contributed by atoms with van der Waals surface area (Å²) < 4.78 is 5.22. The Morgan fingerprint density at radius 2 is 2.29 bits per heavy atom. The number of aromatic carboxylic acids is 1. The summed E-state index contributed by atoms with van der Waals surface area (Å²) in [4.78, 5) is 15.0. The summed E-state index contributed by atoms with van der Waals surface area (Å²) in [5, 5.41) is 8.86. The molecular formula is C12H10ClNO3. The molecule has 0 aliphatic heterocycles. The molecule has 2 rings (SSSR count). The van der Waals surface area contributed by atoms with E-state index < -0.39 is 5.97 Å². The second-order valence-corrected chi connectivity index (χ2v) is 3.82. The fraction of sp³-hybridized carbons (Fsp3) is 0.167. The van der Waals surface area contributed by atoms with Gasteiger partial charge in [-0.15, -0.1) is 11.6 Å². The van der Waals surface area contributed by atoms with Crippen LogP contribution in [-0.4, -0.2) is 16.1 Å². The number of oxazole rings is 1. The molecule has 0 saturated heterocycles. The van der Waals surface area contributed by atoms with Gasteiger partial charge in [0.15, 0.2) is 5.89 Å². The van der Waals surface area contributed by atoms with Crippen LogP contribution in [0.25, 0.3) is 0 Å². The van der Waals surface area contributed by atoms with Gasteiger partial charge in [0, 0.05) is 6.42 Å². The van der Waals surface area contributed by atoms with Crippen molar-refractivity contribution in [2.45, 2.75) is 12.3 Å². The molecule has 1 aromatic heterocycles. The normalized spacial score (nSPS) is 10.4. The van der Waals surface area contributed by atoms with Gasteiger partial charge >= 0.3 is 5.97 Å². The number of hydrogen-bond donors (Lipinski definition) is 1. The van der Waals surface area contributed by atoms with Crippen LogP contribution in [0, 0.1) is 0 Å². The number of aromatic nitrogens is 1. The van der Waals surface area contributed by atoms with Crippen LogP contribution in [0.2, 0.25) is 0 Å². The van der Waals surface area contributed by atoms with E-state index in [4.69, 9.17) is 21.1 Å². The van der Waals surface area contributed by atoms with Gasteiger partial charge in [0.25, 0.3) is 0 Å². The minimum Gasteiger partial charge on any atom is -0.478 e. The van der Waals surface area contributed by atoms with Gasteiger partial charge in [0.1, 0.15) is 6.26 Å². The molecule has 2 aromatic rings. The quantitative estimate of drug-likeness (QED) is 0.849. The Labute approximate surface area is 103 Å². The summed E-state index contributed by atoms with van der Waals surface area (Å²) in [6, 6.07) is 6.68. The topological polar surface area (TPSA) is 63.3 Å². The first-order valence-electron chi connectivity index (χ1n) is 5.00. The lowest BCUT2D eigenvalue weighted by atomic mass is 10.1. The molecule has 0 aliphatic carbocycles. The van der Waals surface area contributed by atoms with Crippen LogP contribution < -0.4 is 0 Å². The summed E-state index contributed by atoms with van der Waals surface area (Å²) in [5.74, 6) is -0.109. The Hall–Kier alpha value is -1.81. The van der Waals surface area contributed by atoms with Crippen molar-refractivity contribution in [1.82, 2.24) is 4.98 Å². The average Bonchev–Trinajstić information content (AvgIpc) is 2.77. The second-order valence-electron chi connectivity index (χ2n) is 3.55. The maximum atomic E-state index is 10.8. The third kappa shape index (κ3) is 2.85. The Bertz CT molecular complexity index is 536. The highest BCUT2D eigenvalue weighted by molar-refractivity contribution is 6.16. The van der Waals surface area contributed by atoms with Gasteiger partial charge in [-0.3, -0.25) is 0 Å². The largest absolute Gasteiger partial charge is 0.478 e. The highest BCUT2D eigenvalue weighted by Crippen LogP contribution is 2.12. The van der Waals surface area contributed by atoms with Crippen molar-refractivity contribution in [3.8, 4) is 0 Å². The number of benzene rings is 1. The van der Waals surface area contributed by atoms with Crippen molar-refractivity contribution in [1.29, 1.82) is 0 Å². The summed E-state index contributed by atoms with van der Waals surface area (Å²) in [5.41, 5.74) is 1.77. The molecule has 1 aromatic carbocycles.